The molecule has 3 rings (SSSR count). The van der Waals surface area contributed by atoms with E-state index in [0.717, 1.165) is 9.99 Å². The molecule has 4 nitrogen and oxygen atoms in total. The van der Waals surface area contributed by atoms with Crippen LogP contribution in [-0.4, -0.2) is 17.1 Å². The molecule has 1 heterocycles. The van der Waals surface area contributed by atoms with E-state index in [-0.39, 0.29) is 5.91 Å². The molecule has 106 valence electrons. The maximum atomic E-state index is 12.1. The van der Waals surface area contributed by atoms with Crippen molar-refractivity contribution in [3.63, 3.8) is 0 Å². The second-order valence-electron chi connectivity index (χ2n) is 4.33. The van der Waals surface area contributed by atoms with Gasteiger partial charge in [-0.1, -0.05) is 27.7 Å². The number of benzene rings is 2. The van der Waals surface area contributed by atoms with Gasteiger partial charge in [0, 0.05) is 15.7 Å². The van der Waals surface area contributed by atoms with Gasteiger partial charge in [0.2, 0.25) is 0 Å². The fraction of sp³-hybridized carbons (Fsp3) is 0.0667. The fourth-order valence-corrected chi connectivity index (χ4v) is 2.50. The molecule has 1 aromatic heterocycles. The molecule has 0 unspecified atom stereocenters. The van der Waals surface area contributed by atoms with Crippen molar-refractivity contribution in [2.24, 2.45) is 0 Å². The second-order valence-corrected chi connectivity index (χ2v) is 6.00. The maximum Gasteiger partial charge on any atom is 0.256 e. The van der Waals surface area contributed by atoms with Crippen LogP contribution in [0, 0.1) is 0 Å². The molecule has 0 fully saturated rings. The number of carbonyl (C=O) groups is 1. The van der Waals surface area contributed by atoms with Crippen LogP contribution in [0.1, 0.15) is 10.4 Å². The van der Waals surface area contributed by atoms with Crippen molar-refractivity contribution in [1.29, 1.82) is 0 Å². The summed E-state index contributed by atoms with van der Waals surface area (Å²) in [6, 6.07) is 12.6. The van der Waals surface area contributed by atoms with Crippen molar-refractivity contribution < 1.29 is 9.21 Å². The van der Waals surface area contributed by atoms with Gasteiger partial charge in [-0.3, -0.25) is 4.79 Å². The Morgan fingerprint density at radius 2 is 2.00 bits per heavy atom. The van der Waals surface area contributed by atoms with Crippen LogP contribution in [0.5, 0.6) is 0 Å². The summed E-state index contributed by atoms with van der Waals surface area (Å²) in [5, 5.41) is 3.47. The van der Waals surface area contributed by atoms with E-state index in [0.29, 0.717) is 22.1 Å². The van der Waals surface area contributed by atoms with E-state index in [9.17, 15) is 4.79 Å². The van der Waals surface area contributed by atoms with Crippen molar-refractivity contribution in [2.45, 2.75) is 5.22 Å². The second kappa shape index (κ2) is 5.91. The number of aromatic nitrogens is 1. The smallest absolute Gasteiger partial charge is 0.256 e. The molecule has 3 aromatic rings. The average Bonchev–Trinajstić information content (AvgIpc) is 2.90. The summed E-state index contributed by atoms with van der Waals surface area (Å²) in [5.41, 5.74) is 2.73. The lowest BCUT2D eigenvalue weighted by Gasteiger charge is -2.05. The number of hydrogen-bond acceptors (Lipinski definition) is 4. The molecule has 0 spiro atoms. The topological polar surface area (TPSA) is 55.1 Å². The first-order valence-corrected chi connectivity index (χ1v) is 8.19. The quantitative estimate of drug-likeness (QED) is 0.693. The number of halogens is 1. The summed E-state index contributed by atoms with van der Waals surface area (Å²) in [5.74, 6) is -0.157. The summed E-state index contributed by atoms with van der Waals surface area (Å²) in [6.07, 6.45) is 1.90. The van der Waals surface area contributed by atoms with E-state index in [1.165, 1.54) is 11.8 Å². The number of rotatable bonds is 3. The molecule has 21 heavy (non-hydrogen) atoms. The molecular weight excluding hydrogens is 352 g/mol. The van der Waals surface area contributed by atoms with Gasteiger partial charge in [0.25, 0.3) is 11.1 Å². The molecule has 0 aliphatic carbocycles. The van der Waals surface area contributed by atoms with Gasteiger partial charge >= 0.3 is 0 Å². The zero-order valence-electron chi connectivity index (χ0n) is 11.1. The highest BCUT2D eigenvalue weighted by Crippen LogP contribution is 2.24. The molecular formula is C15H11BrN2O2S. The van der Waals surface area contributed by atoms with Crippen molar-refractivity contribution >= 4 is 50.4 Å². The number of anilines is 1. The van der Waals surface area contributed by atoms with Crippen LogP contribution in [0.3, 0.4) is 0 Å². The van der Waals surface area contributed by atoms with E-state index in [1.54, 1.807) is 30.3 Å². The first-order valence-electron chi connectivity index (χ1n) is 6.17. The van der Waals surface area contributed by atoms with Crippen LogP contribution < -0.4 is 5.32 Å². The van der Waals surface area contributed by atoms with E-state index < -0.39 is 0 Å². The summed E-state index contributed by atoms with van der Waals surface area (Å²) in [4.78, 5) is 16.5. The third kappa shape index (κ3) is 3.11. The Bertz CT molecular complexity index is 799. The number of hydrogen-bond donors (Lipinski definition) is 1. The number of thioether (sulfide) groups is 1. The van der Waals surface area contributed by atoms with Crippen molar-refractivity contribution in [3.8, 4) is 0 Å². The summed E-state index contributed by atoms with van der Waals surface area (Å²) in [7, 11) is 0. The minimum Gasteiger partial charge on any atom is -0.431 e. The molecule has 0 radical (unpaired) electrons. The van der Waals surface area contributed by atoms with Gasteiger partial charge in [-0.15, -0.1) is 0 Å². The minimum absolute atomic E-state index is 0.157. The highest BCUT2D eigenvalue weighted by molar-refractivity contribution is 9.10. The Labute approximate surface area is 134 Å². The van der Waals surface area contributed by atoms with Gasteiger partial charge in [0.15, 0.2) is 5.58 Å². The van der Waals surface area contributed by atoms with Gasteiger partial charge in [-0.05, 0) is 48.7 Å². The largest absolute Gasteiger partial charge is 0.431 e. The zero-order chi connectivity index (χ0) is 14.8. The van der Waals surface area contributed by atoms with Gasteiger partial charge in [0.05, 0.1) is 0 Å². The van der Waals surface area contributed by atoms with E-state index in [2.05, 4.69) is 26.2 Å². The van der Waals surface area contributed by atoms with Crippen LogP contribution in [0.25, 0.3) is 11.1 Å². The fourth-order valence-electron chi connectivity index (χ4n) is 1.88. The third-order valence-electron chi connectivity index (χ3n) is 2.91. The SMILES string of the molecule is CSc1nc2cc(NC(=O)c3ccc(Br)cc3)ccc2o1. The normalized spacial score (nSPS) is 10.8. The molecule has 0 aliphatic heterocycles. The maximum absolute atomic E-state index is 12.1. The lowest BCUT2D eigenvalue weighted by Crippen LogP contribution is -2.11. The van der Waals surface area contributed by atoms with E-state index >= 15 is 0 Å². The van der Waals surface area contributed by atoms with Gasteiger partial charge in [-0.25, -0.2) is 4.98 Å². The standard InChI is InChI=1S/C15H11BrN2O2S/c1-21-15-18-12-8-11(6-7-13(12)20-15)17-14(19)9-2-4-10(16)5-3-9/h2-8H,1H3,(H,17,19). The van der Waals surface area contributed by atoms with Gasteiger partial charge in [0.1, 0.15) is 5.52 Å². The van der Waals surface area contributed by atoms with Crippen LogP contribution in [0.2, 0.25) is 0 Å². The summed E-state index contributed by atoms with van der Waals surface area (Å²) in [6.45, 7) is 0. The molecule has 0 saturated carbocycles. The van der Waals surface area contributed by atoms with Gasteiger partial charge < -0.3 is 9.73 Å². The number of fused-ring (bicyclic) bond motifs is 1. The van der Waals surface area contributed by atoms with Crippen molar-refractivity contribution in [1.82, 2.24) is 4.98 Å². The zero-order valence-corrected chi connectivity index (χ0v) is 13.5. The molecule has 0 atom stereocenters. The molecule has 0 saturated heterocycles. The number of oxazole rings is 1. The lowest BCUT2D eigenvalue weighted by atomic mass is 10.2. The Balaban J connectivity index is 1.83. The highest BCUT2D eigenvalue weighted by Gasteiger charge is 2.09. The third-order valence-corrected chi connectivity index (χ3v) is 3.96. The average molecular weight is 363 g/mol. The predicted molar refractivity (Wildman–Crippen MR) is 87.9 cm³/mol. The lowest BCUT2D eigenvalue weighted by molar-refractivity contribution is 0.102. The van der Waals surface area contributed by atoms with E-state index in [4.69, 9.17) is 4.42 Å². The molecule has 1 amide bonds. The monoisotopic (exact) mass is 362 g/mol. The number of carbonyl (C=O) groups excluding carboxylic acids is 1. The minimum atomic E-state index is -0.157. The molecule has 6 heteroatoms. The van der Waals surface area contributed by atoms with Crippen LogP contribution >= 0.6 is 27.7 Å². The first kappa shape index (κ1) is 14.2. The Hall–Kier alpha value is -1.79. The van der Waals surface area contributed by atoms with Crippen LogP contribution in [-0.2, 0) is 0 Å². The Morgan fingerprint density at radius 1 is 1.24 bits per heavy atom. The number of nitrogens with one attached hydrogen (secondary N) is 1. The highest BCUT2D eigenvalue weighted by atomic mass is 79.9. The molecule has 2 aromatic carbocycles. The van der Waals surface area contributed by atoms with Crippen molar-refractivity contribution in [3.05, 3.63) is 52.5 Å². The number of amides is 1. The van der Waals surface area contributed by atoms with Crippen LogP contribution in [0.4, 0.5) is 5.69 Å². The Kier molecular flexibility index (Phi) is 3.98. The molecule has 0 aliphatic rings. The number of nitrogens with zero attached hydrogens (tertiary/aromatic N) is 1. The summed E-state index contributed by atoms with van der Waals surface area (Å²) >= 11 is 4.79. The van der Waals surface area contributed by atoms with Crippen LogP contribution in [0.15, 0.2) is 56.6 Å². The van der Waals surface area contributed by atoms with Gasteiger partial charge in [-0.2, -0.15) is 0 Å². The first-order chi connectivity index (χ1) is 10.2. The predicted octanol–water partition coefficient (Wildman–Crippen LogP) is 4.56. The Morgan fingerprint density at radius 3 is 2.71 bits per heavy atom. The summed E-state index contributed by atoms with van der Waals surface area (Å²) < 4.78 is 6.45. The van der Waals surface area contributed by atoms with Crippen molar-refractivity contribution in [2.75, 3.05) is 11.6 Å². The molecule has 1 N–H and O–H groups in total. The molecule has 0 bridgehead atoms. The van der Waals surface area contributed by atoms with E-state index in [1.807, 2.05) is 18.4 Å².